The van der Waals surface area contributed by atoms with Crippen molar-refractivity contribution in [2.24, 2.45) is 0 Å². The lowest BCUT2D eigenvalue weighted by atomic mass is 9.90. The maximum absolute atomic E-state index is 13.0. The number of carbonyl (C=O) groups excluding carboxylic acids is 1. The summed E-state index contributed by atoms with van der Waals surface area (Å²) in [5.74, 6) is -0.0367. The van der Waals surface area contributed by atoms with Gasteiger partial charge in [0.15, 0.2) is 0 Å². The third-order valence-corrected chi connectivity index (χ3v) is 6.38. The first kappa shape index (κ1) is 20.6. The molecule has 0 spiro atoms. The number of halogens is 1. The monoisotopic (exact) mass is 423 g/mol. The number of ether oxygens (including phenoxy) is 2. The van der Waals surface area contributed by atoms with Crippen LogP contribution in [0.4, 0.5) is 0 Å². The van der Waals surface area contributed by atoms with Gasteiger partial charge in [0.2, 0.25) is 10.0 Å². The molecule has 0 bridgehead atoms. The van der Waals surface area contributed by atoms with Crippen LogP contribution in [0.5, 0.6) is 5.75 Å². The lowest BCUT2D eigenvalue weighted by Gasteiger charge is -2.38. The number of nitrogens with one attached hydrogen (secondary N) is 1. The van der Waals surface area contributed by atoms with Crippen molar-refractivity contribution in [3.05, 3.63) is 58.1 Å². The molecule has 1 N–H and O–H groups in total. The summed E-state index contributed by atoms with van der Waals surface area (Å²) in [5, 5.41) is 0.124. The van der Waals surface area contributed by atoms with E-state index < -0.39 is 27.6 Å². The number of hydrogen-bond donors (Lipinski definition) is 1. The van der Waals surface area contributed by atoms with E-state index in [1.54, 1.807) is 0 Å². The summed E-state index contributed by atoms with van der Waals surface area (Å²) in [6.07, 6.45) is 0.458. The van der Waals surface area contributed by atoms with E-state index in [2.05, 4.69) is 9.46 Å². The largest absolute Gasteiger partial charge is 0.487 e. The Hall–Kier alpha value is -2.09. The van der Waals surface area contributed by atoms with Crippen molar-refractivity contribution >= 4 is 27.6 Å². The normalized spacial score (nSPS) is 18.1. The first-order valence-corrected chi connectivity index (χ1v) is 10.6. The molecule has 1 aliphatic rings. The average Bonchev–Trinajstić information content (AvgIpc) is 2.59. The minimum Gasteiger partial charge on any atom is -0.487 e. The molecule has 6 nitrogen and oxygen atoms in total. The SMILES string of the molecule is COC(=O)c1cc(S(=O)(=O)N[C@@H]2CC(C)(C)Oc3cc(C)ccc32)ccc1Cl. The van der Waals surface area contributed by atoms with Crippen molar-refractivity contribution in [2.75, 3.05) is 7.11 Å². The Morgan fingerprint density at radius 3 is 2.64 bits per heavy atom. The molecule has 0 saturated carbocycles. The minimum atomic E-state index is -3.92. The van der Waals surface area contributed by atoms with Crippen molar-refractivity contribution in [2.45, 2.75) is 43.7 Å². The van der Waals surface area contributed by atoms with E-state index in [0.29, 0.717) is 12.2 Å². The predicted octanol–water partition coefficient (Wildman–Crippen LogP) is 4.02. The quantitative estimate of drug-likeness (QED) is 0.751. The van der Waals surface area contributed by atoms with Gasteiger partial charge in [0.05, 0.1) is 28.6 Å². The van der Waals surface area contributed by atoms with Crippen LogP contribution in [-0.4, -0.2) is 27.1 Å². The van der Waals surface area contributed by atoms with Crippen molar-refractivity contribution in [1.82, 2.24) is 4.72 Å². The van der Waals surface area contributed by atoms with Crippen molar-refractivity contribution in [1.29, 1.82) is 0 Å². The highest BCUT2D eigenvalue weighted by Crippen LogP contribution is 2.40. The fraction of sp³-hybridized carbons (Fsp3) is 0.350. The fourth-order valence-corrected chi connectivity index (χ4v) is 4.69. The third-order valence-electron chi connectivity index (χ3n) is 4.58. The molecule has 0 aliphatic carbocycles. The second-order valence-electron chi connectivity index (χ2n) is 7.41. The topological polar surface area (TPSA) is 81.7 Å². The molecule has 0 radical (unpaired) electrons. The second kappa shape index (κ2) is 7.39. The van der Waals surface area contributed by atoms with E-state index in [1.807, 2.05) is 39.0 Å². The molecule has 3 rings (SSSR count). The first-order valence-electron chi connectivity index (χ1n) is 8.72. The van der Waals surface area contributed by atoms with Gasteiger partial charge in [-0.3, -0.25) is 0 Å². The Morgan fingerprint density at radius 2 is 1.96 bits per heavy atom. The molecule has 1 aliphatic heterocycles. The van der Waals surface area contributed by atoms with Crippen molar-refractivity contribution in [3.8, 4) is 5.75 Å². The summed E-state index contributed by atoms with van der Waals surface area (Å²) in [6, 6.07) is 9.16. The van der Waals surface area contributed by atoms with Crippen LogP contribution in [0.25, 0.3) is 0 Å². The van der Waals surface area contributed by atoms with Crippen molar-refractivity contribution in [3.63, 3.8) is 0 Å². The number of carbonyl (C=O) groups is 1. The Balaban J connectivity index is 1.98. The van der Waals surface area contributed by atoms with E-state index in [1.165, 1.54) is 25.3 Å². The predicted molar refractivity (Wildman–Crippen MR) is 106 cm³/mol. The molecule has 0 aromatic heterocycles. The van der Waals surface area contributed by atoms with E-state index in [4.69, 9.17) is 16.3 Å². The standard InChI is InChI=1S/C20H22ClNO5S/c1-12-5-7-14-17(11-20(2,3)27-18(14)9-12)22-28(24,25)13-6-8-16(21)15(10-13)19(23)26-4/h5-10,17,22H,11H2,1-4H3/t17-/m1/s1. The van der Waals surface area contributed by atoms with Gasteiger partial charge in [-0.1, -0.05) is 23.7 Å². The fourth-order valence-electron chi connectivity index (χ4n) is 3.26. The van der Waals surface area contributed by atoms with E-state index in [-0.39, 0.29) is 15.5 Å². The molecule has 0 unspecified atom stereocenters. The molecule has 150 valence electrons. The zero-order chi connectivity index (χ0) is 20.7. The molecule has 0 fully saturated rings. The molecule has 2 aromatic rings. The van der Waals surface area contributed by atoms with Gasteiger partial charge >= 0.3 is 5.97 Å². The highest BCUT2D eigenvalue weighted by atomic mass is 35.5. The summed E-state index contributed by atoms with van der Waals surface area (Å²) < 4.78 is 39.5. The van der Waals surface area contributed by atoms with Gasteiger partial charge in [0, 0.05) is 12.0 Å². The first-order chi connectivity index (χ1) is 13.0. The Morgan fingerprint density at radius 1 is 1.25 bits per heavy atom. The van der Waals surface area contributed by atoms with Gasteiger partial charge in [-0.2, -0.15) is 0 Å². The minimum absolute atomic E-state index is 0.00428. The molecule has 28 heavy (non-hydrogen) atoms. The number of methoxy groups -OCH3 is 1. The highest BCUT2D eigenvalue weighted by molar-refractivity contribution is 7.89. The molecule has 1 heterocycles. The highest BCUT2D eigenvalue weighted by Gasteiger charge is 2.36. The molecular weight excluding hydrogens is 402 g/mol. The Kier molecular flexibility index (Phi) is 5.44. The smallest absolute Gasteiger partial charge is 0.339 e. The average molecular weight is 424 g/mol. The number of benzene rings is 2. The van der Waals surface area contributed by atoms with Crippen molar-refractivity contribution < 1.29 is 22.7 Å². The summed E-state index contributed by atoms with van der Waals surface area (Å²) in [4.78, 5) is 11.8. The van der Waals surface area contributed by atoms with Crippen LogP contribution in [-0.2, 0) is 14.8 Å². The van der Waals surface area contributed by atoms with Gasteiger partial charge in [-0.15, -0.1) is 0 Å². The summed E-state index contributed by atoms with van der Waals surface area (Å²) in [7, 11) is -2.71. The lowest BCUT2D eigenvalue weighted by molar-refractivity contribution is 0.0600. The third kappa shape index (κ3) is 4.16. The number of aryl methyl sites for hydroxylation is 1. The van der Waals surface area contributed by atoms with Gasteiger partial charge in [-0.05, 0) is 50.6 Å². The van der Waals surface area contributed by atoms with Crippen LogP contribution < -0.4 is 9.46 Å². The summed E-state index contributed by atoms with van der Waals surface area (Å²) in [6.45, 7) is 5.78. The summed E-state index contributed by atoms with van der Waals surface area (Å²) in [5.41, 5.74) is 1.26. The Labute approximate surface area is 169 Å². The Bertz CT molecular complexity index is 1030. The molecule has 0 amide bonds. The van der Waals surface area contributed by atoms with Crippen LogP contribution in [0.2, 0.25) is 5.02 Å². The lowest BCUT2D eigenvalue weighted by Crippen LogP contribution is -2.41. The maximum atomic E-state index is 13.0. The second-order valence-corrected chi connectivity index (χ2v) is 9.54. The molecule has 0 saturated heterocycles. The number of hydrogen-bond acceptors (Lipinski definition) is 5. The van der Waals surface area contributed by atoms with Crippen LogP contribution in [0.1, 0.15) is 47.8 Å². The number of rotatable bonds is 4. The van der Waals surface area contributed by atoms with Gasteiger partial charge in [0.25, 0.3) is 0 Å². The zero-order valence-corrected chi connectivity index (χ0v) is 17.6. The molecular formula is C20H22ClNO5S. The van der Waals surface area contributed by atoms with E-state index in [0.717, 1.165) is 11.1 Å². The summed E-state index contributed by atoms with van der Waals surface area (Å²) >= 11 is 6.00. The van der Waals surface area contributed by atoms with Gasteiger partial charge in [0.1, 0.15) is 11.4 Å². The van der Waals surface area contributed by atoms with Gasteiger partial charge < -0.3 is 9.47 Å². The van der Waals surface area contributed by atoms with Gasteiger partial charge in [-0.25, -0.2) is 17.9 Å². The molecule has 2 aromatic carbocycles. The van der Waals surface area contributed by atoms with E-state index >= 15 is 0 Å². The van der Waals surface area contributed by atoms with Crippen LogP contribution in [0, 0.1) is 6.92 Å². The zero-order valence-electron chi connectivity index (χ0n) is 16.1. The van der Waals surface area contributed by atoms with E-state index in [9.17, 15) is 13.2 Å². The number of esters is 1. The number of sulfonamides is 1. The maximum Gasteiger partial charge on any atom is 0.339 e. The molecule has 1 atom stereocenters. The van der Waals surface area contributed by atoms with Crippen LogP contribution >= 0.6 is 11.6 Å². The number of fused-ring (bicyclic) bond motifs is 1. The van der Waals surface area contributed by atoms with Crippen LogP contribution in [0.3, 0.4) is 0 Å². The van der Waals surface area contributed by atoms with Crippen LogP contribution in [0.15, 0.2) is 41.3 Å². The molecule has 8 heteroatoms.